The van der Waals surface area contributed by atoms with Crippen LogP contribution in [0.3, 0.4) is 0 Å². The van der Waals surface area contributed by atoms with Crippen LogP contribution < -0.4 is 11.1 Å². The van der Waals surface area contributed by atoms with Crippen molar-refractivity contribution in [1.82, 2.24) is 9.97 Å². The van der Waals surface area contributed by atoms with Gasteiger partial charge in [-0.25, -0.2) is 4.98 Å². The molecule has 0 spiro atoms. The Hall–Kier alpha value is -2.00. The molecule has 94 valence electrons. The van der Waals surface area contributed by atoms with Gasteiger partial charge in [0, 0.05) is 5.38 Å². The highest BCUT2D eigenvalue weighted by molar-refractivity contribution is 7.14. The summed E-state index contributed by atoms with van der Waals surface area (Å²) in [4.78, 5) is 24.5. The average Bonchev–Trinajstić information content (AvgIpc) is 2.97. The topological polar surface area (TPSA) is 102 Å². The highest BCUT2D eigenvalue weighted by Crippen LogP contribution is 2.15. The minimum Gasteiger partial charge on any atom is -0.398 e. The largest absolute Gasteiger partial charge is 0.398 e. The molecule has 0 radical (unpaired) electrons. The van der Waals surface area contributed by atoms with Crippen molar-refractivity contribution in [3.8, 4) is 0 Å². The molecule has 0 aliphatic rings. The average molecular weight is 283 g/mol. The monoisotopic (exact) mass is 283 g/mol. The summed E-state index contributed by atoms with van der Waals surface area (Å²) in [6, 6.07) is 0. The fraction of sp³-hybridized carbons (Fsp3) is 0.111. The number of nitrogen functional groups attached to an aromatic ring is 1. The maximum absolute atomic E-state index is 12.0. The number of nitrogens with zero attached hydrogens (tertiary/aromatic N) is 3. The zero-order chi connectivity index (χ0) is 13.0. The molecule has 0 fully saturated rings. The highest BCUT2D eigenvalue weighted by Gasteiger charge is 2.18. The summed E-state index contributed by atoms with van der Waals surface area (Å²) in [6.07, 6.45) is 1.54. The quantitative estimate of drug-likeness (QED) is 0.647. The number of aromatic nitrogens is 2. The van der Waals surface area contributed by atoms with Crippen LogP contribution in [0.25, 0.3) is 0 Å². The maximum atomic E-state index is 12.0. The van der Waals surface area contributed by atoms with Gasteiger partial charge in [-0.1, -0.05) is 5.16 Å². The van der Waals surface area contributed by atoms with Crippen LogP contribution in [0, 0.1) is 0 Å². The Morgan fingerprint density at radius 3 is 2.94 bits per heavy atom. The van der Waals surface area contributed by atoms with Gasteiger partial charge in [0.15, 0.2) is 10.8 Å². The third-order valence-corrected chi connectivity index (χ3v) is 3.19. The van der Waals surface area contributed by atoms with Crippen molar-refractivity contribution in [3.63, 3.8) is 0 Å². The standard InChI is InChI=1S/C9H9N5O2S2/c1-16-14-7(5-3-17-9(10)12-5)8(15)13-6-2-11-4-18-6/h2-4H,1H3,(H2,10,12)(H,13,15)/b14-7+. The first kappa shape index (κ1) is 12.5. The van der Waals surface area contributed by atoms with Crippen LogP contribution in [0.4, 0.5) is 10.1 Å². The lowest BCUT2D eigenvalue weighted by molar-refractivity contribution is -0.110. The van der Waals surface area contributed by atoms with Gasteiger partial charge in [0.2, 0.25) is 0 Å². The smallest absolute Gasteiger partial charge is 0.280 e. The first-order chi connectivity index (χ1) is 8.70. The molecule has 2 rings (SSSR count). The molecule has 0 bridgehead atoms. The van der Waals surface area contributed by atoms with Crippen LogP contribution >= 0.6 is 22.7 Å². The first-order valence-electron chi connectivity index (χ1n) is 4.73. The van der Waals surface area contributed by atoms with Gasteiger partial charge in [-0.3, -0.25) is 9.78 Å². The van der Waals surface area contributed by atoms with Crippen molar-refractivity contribution in [3.05, 3.63) is 22.8 Å². The zero-order valence-electron chi connectivity index (χ0n) is 9.28. The Kier molecular flexibility index (Phi) is 3.85. The van der Waals surface area contributed by atoms with Gasteiger partial charge >= 0.3 is 0 Å². The molecule has 18 heavy (non-hydrogen) atoms. The number of anilines is 2. The van der Waals surface area contributed by atoms with Crippen LogP contribution in [0.1, 0.15) is 5.69 Å². The lowest BCUT2D eigenvalue weighted by atomic mass is 10.3. The van der Waals surface area contributed by atoms with Crippen molar-refractivity contribution < 1.29 is 9.63 Å². The maximum Gasteiger partial charge on any atom is 0.280 e. The zero-order valence-corrected chi connectivity index (χ0v) is 10.9. The van der Waals surface area contributed by atoms with Crippen LogP contribution in [-0.2, 0) is 9.63 Å². The van der Waals surface area contributed by atoms with Crippen molar-refractivity contribution in [2.75, 3.05) is 18.2 Å². The SMILES string of the molecule is CO/N=C(/C(=O)Nc1cncs1)c1csc(N)n1. The Morgan fingerprint density at radius 2 is 2.39 bits per heavy atom. The molecule has 2 aromatic heterocycles. The fourth-order valence-corrected chi connectivity index (χ4v) is 2.20. The lowest BCUT2D eigenvalue weighted by Crippen LogP contribution is -2.24. The van der Waals surface area contributed by atoms with Gasteiger partial charge in [0.1, 0.15) is 17.8 Å². The molecule has 0 saturated heterocycles. The summed E-state index contributed by atoms with van der Waals surface area (Å²) < 4.78 is 0. The van der Waals surface area contributed by atoms with Gasteiger partial charge < -0.3 is 15.9 Å². The predicted molar refractivity (Wildman–Crippen MR) is 70.8 cm³/mol. The number of rotatable bonds is 4. The summed E-state index contributed by atoms with van der Waals surface area (Å²) in [5.41, 5.74) is 7.58. The van der Waals surface area contributed by atoms with Gasteiger partial charge in [0.25, 0.3) is 5.91 Å². The van der Waals surface area contributed by atoms with Crippen molar-refractivity contribution in [2.45, 2.75) is 0 Å². The fourth-order valence-electron chi connectivity index (χ4n) is 1.14. The first-order valence-corrected chi connectivity index (χ1v) is 6.49. The van der Waals surface area contributed by atoms with Crippen LogP contribution in [-0.4, -0.2) is 28.7 Å². The van der Waals surface area contributed by atoms with Crippen molar-refractivity contribution in [1.29, 1.82) is 0 Å². The van der Waals surface area contributed by atoms with Crippen molar-refractivity contribution in [2.24, 2.45) is 5.16 Å². The highest BCUT2D eigenvalue weighted by atomic mass is 32.1. The summed E-state index contributed by atoms with van der Waals surface area (Å²) in [6.45, 7) is 0. The molecule has 0 saturated carbocycles. The minimum absolute atomic E-state index is 0.0684. The predicted octanol–water partition coefficient (Wildman–Crippen LogP) is 1.17. The van der Waals surface area contributed by atoms with Crippen LogP contribution in [0.2, 0.25) is 0 Å². The van der Waals surface area contributed by atoms with E-state index in [-0.39, 0.29) is 5.71 Å². The van der Waals surface area contributed by atoms with Crippen molar-refractivity contribution >= 4 is 44.4 Å². The summed E-state index contributed by atoms with van der Waals surface area (Å²) in [5.74, 6) is -0.425. The van der Waals surface area contributed by atoms with Crippen LogP contribution in [0.5, 0.6) is 0 Å². The number of oxime groups is 1. The van der Waals surface area contributed by atoms with Gasteiger partial charge in [-0.15, -0.1) is 22.7 Å². The van der Waals surface area contributed by atoms with E-state index in [0.29, 0.717) is 15.8 Å². The Morgan fingerprint density at radius 1 is 1.56 bits per heavy atom. The van der Waals surface area contributed by atoms with E-state index in [1.807, 2.05) is 0 Å². The molecule has 3 N–H and O–H groups in total. The molecule has 2 heterocycles. The van der Waals surface area contributed by atoms with E-state index in [2.05, 4.69) is 25.3 Å². The molecule has 0 aliphatic carbocycles. The van der Waals surface area contributed by atoms with E-state index < -0.39 is 5.91 Å². The van der Waals surface area contributed by atoms with E-state index in [4.69, 9.17) is 5.73 Å². The number of hydrogen-bond acceptors (Lipinski definition) is 8. The Labute approximate surface area is 110 Å². The number of thiazole rings is 2. The Bertz CT molecular complexity index is 563. The third kappa shape index (κ3) is 2.81. The second kappa shape index (κ2) is 5.56. The molecule has 0 unspecified atom stereocenters. The molecule has 0 atom stereocenters. The molecule has 0 aliphatic heterocycles. The summed E-state index contributed by atoms with van der Waals surface area (Å²) in [7, 11) is 1.36. The van der Waals surface area contributed by atoms with E-state index >= 15 is 0 Å². The number of carbonyl (C=O) groups is 1. The van der Waals surface area contributed by atoms with Crippen LogP contribution in [0.15, 0.2) is 22.2 Å². The van der Waals surface area contributed by atoms with E-state index in [1.165, 1.54) is 29.8 Å². The van der Waals surface area contributed by atoms with E-state index in [0.717, 1.165) is 0 Å². The lowest BCUT2D eigenvalue weighted by Gasteiger charge is -2.02. The van der Waals surface area contributed by atoms with E-state index in [1.54, 1.807) is 17.1 Å². The molecular formula is C9H9N5O2S2. The second-order valence-corrected chi connectivity index (χ2v) is 4.79. The van der Waals surface area contributed by atoms with Gasteiger partial charge in [0.05, 0.1) is 11.7 Å². The molecule has 1 amide bonds. The minimum atomic E-state index is -0.425. The third-order valence-electron chi connectivity index (χ3n) is 1.83. The van der Waals surface area contributed by atoms with Gasteiger partial charge in [-0.2, -0.15) is 0 Å². The number of amides is 1. The summed E-state index contributed by atoms with van der Waals surface area (Å²) >= 11 is 2.53. The van der Waals surface area contributed by atoms with E-state index in [9.17, 15) is 4.79 Å². The second-order valence-electron chi connectivity index (χ2n) is 3.01. The number of nitrogens with one attached hydrogen (secondary N) is 1. The number of carbonyl (C=O) groups excluding carboxylic acids is 1. The molecule has 7 nitrogen and oxygen atoms in total. The molecular weight excluding hydrogens is 274 g/mol. The number of nitrogens with two attached hydrogens (primary N) is 1. The molecule has 9 heteroatoms. The molecule has 2 aromatic rings. The normalized spacial score (nSPS) is 11.3. The van der Waals surface area contributed by atoms with Gasteiger partial charge in [-0.05, 0) is 0 Å². The molecule has 0 aromatic carbocycles. The summed E-state index contributed by atoms with van der Waals surface area (Å²) in [5, 5.41) is 8.93. The number of hydrogen-bond donors (Lipinski definition) is 2. The Balaban J connectivity index is 2.21.